The fourth-order valence-electron chi connectivity index (χ4n) is 2.88. The molecule has 0 bridgehead atoms. The Morgan fingerprint density at radius 3 is 3.08 bits per heavy atom. The molecule has 0 saturated carbocycles. The van der Waals surface area contributed by atoms with Gasteiger partial charge in [-0.1, -0.05) is 41.6 Å². The first-order chi connectivity index (χ1) is 12.5. The van der Waals surface area contributed by atoms with Gasteiger partial charge in [0.25, 0.3) is 0 Å². The molecule has 2 heterocycles. The van der Waals surface area contributed by atoms with Crippen LogP contribution in [0, 0.1) is 0 Å². The smallest absolute Gasteiger partial charge is 0.344 e. The van der Waals surface area contributed by atoms with E-state index in [-0.39, 0.29) is 29.5 Å². The van der Waals surface area contributed by atoms with Crippen LogP contribution in [0.1, 0.15) is 31.4 Å². The summed E-state index contributed by atoms with van der Waals surface area (Å²) in [6.45, 7) is 3.06. The number of nitrogens with zero attached hydrogens (tertiary/aromatic N) is 2. The minimum atomic E-state index is -0.284. The predicted molar refractivity (Wildman–Crippen MR) is 101 cm³/mol. The lowest BCUT2D eigenvalue weighted by Crippen LogP contribution is -2.29. The summed E-state index contributed by atoms with van der Waals surface area (Å²) in [7, 11) is 0. The zero-order valence-electron chi connectivity index (χ0n) is 14.4. The first-order valence-electron chi connectivity index (χ1n) is 8.48. The molecule has 3 rings (SSSR count). The summed E-state index contributed by atoms with van der Waals surface area (Å²) in [6, 6.07) is 7.20. The van der Waals surface area contributed by atoms with Gasteiger partial charge in [0.2, 0.25) is 5.91 Å². The molecule has 9 heteroatoms. The van der Waals surface area contributed by atoms with Crippen molar-refractivity contribution in [1.82, 2.24) is 20.1 Å². The second kappa shape index (κ2) is 8.75. The van der Waals surface area contributed by atoms with E-state index in [1.807, 2.05) is 25.1 Å². The molecular formula is C17H21ClN4O3S. The number of hydrogen-bond acceptors (Lipinski definition) is 5. The highest BCUT2D eigenvalue weighted by Gasteiger charge is 2.20. The first kappa shape index (κ1) is 19.0. The third kappa shape index (κ3) is 4.69. The van der Waals surface area contributed by atoms with E-state index < -0.39 is 0 Å². The van der Waals surface area contributed by atoms with Crippen LogP contribution < -0.4 is 11.0 Å². The van der Waals surface area contributed by atoms with Gasteiger partial charge in [0.15, 0.2) is 5.16 Å². The quantitative estimate of drug-likeness (QED) is 0.701. The average Bonchev–Trinajstić information content (AvgIpc) is 3.25. The minimum Gasteiger partial charge on any atom is -0.376 e. The Balaban J connectivity index is 1.56. The lowest BCUT2D eigenvalue weighted by Gasteiger charge is -2.15. The van der Waals surface area contributed by atoms with Crippen molar-refractivity contribution in [3.63, 3.8) is 0 Å². The molecule has 2 N–H and O–H groups in total. The third-order valence-corrected chi connectivity index (χ3v) is 5.54. The van der Waals surface area contributed by atoms with Gasteiger partial charge in [0.05, 0.1) is 24.4 Å². The number of nitrogens with one attached hydrogen (secondary N) is 2. The number of H-pyrrole nitrogens is 1. The Bertz CT molecular complexity index is 816. The summed E-state index contributed by atoms with van der Waals surface area (Å²) in [5.41, 5.74) is 0.579. The van der Waals surface area contributed by atoms with Crippen molar-refractivity contribution >= 4 is 29.3 Å². The second-order valence-corrected chi connectivity index (χ2v) is 7.51. The lowest BCUT2D eigenvalue weighted by atomic mass is 10.1. The maximum atomic E-state index is 12.2. The Morgan fingerprint density at radius 1 is 1.54 bits per heavy atom. The Labute approximate surface area is 160 Å². The first-order valence-corrected chi connectivity index (χ1v) is 9.84. The SMILES string of the molecule is CC(NC(=O)CSc1n[nH]c(=O)n1CC1CCCO1)c1ccccc1Cl. The van der Waals surface area contributed by atoms with Crippen LogP contribution in [0.5, 0.6) is 0 Å². The van der Waals surface area contributed by atoms with Crippen LogP contribution in [0.25, 0.3) is 0 Å². The van der Waals surface area contributed by atoms with Gasteiger partial charge in [-0.2, -0.15) is 0 Å². The van der Waals surface area contributed by atoms with Crippen LogP contribution in [-0.2, 0) is 16.1 Å². The van der Waals surface area contributed by atoms with E-state index in [1.54, 1.807) is 6.07 Å². The number of hydrogen-bond donors (Lipinski definition) is 2. The van der Waals surface area contributed by atoms with Crippen molar-refractivity contribution < 1.29 is 9.53 Å². The minimum absolute atomic E-state index is 0.0266. The number of halogens is 1. The maximum Gasteiger partial charge on any atom is 0.344 e. The largest absolute Gasteiger partial charge is 0.376 e. The van der Waals surface area contributed by atoms with Crippen molar-refractivity contribution in [3.05, 3.63) is 45.3 Å². The number of thioether (sulfide) groups is 1. The number of amides is 1. The van der Waals surface area contributed by atoms with Gasteiger partial charge in [-0.3, -0.25) is 9.36 Å². The van der Waals surface area contributed by atoms with Crippen molar-refractivity contribution in [2.24, 2.45) is 0 Å². The molecule has 140 valence electrons. The molecule has 1 saturated heterocycles. The summed E-state index contributed by atoms with van der Waals surface area (Å²) in [4.78, 5) is 24.2. The molecule has 2 atom stereocenters. The number of benzene rings is 1. The molecule has 2 aromatic rings. The normalized spacial score (nSPS) is 18.0. The van der Waals surface area contributed by atoms with E-state index in [0.29, 0.717) is 16.7 Å². The van der Waals surface area contributed by atoms with Crippen LogP contribution in [0.15, 0.2) is 34.2 Å². The lowest BCUT2D eigenvalue weighted by molar-refractivity contribution is -0.119. The van der Waals surface area contributed by atoms with Crippen molar-refractivity contribution in [3.8, 4) is 0 Å². The van der Waals surface area contributed by atoms with Crippen LogP contribution >= 0.6 is 23.4 Å². The summed E-state index contributed by atoms with van der Waals surface area (Å²) >= 11 is 7.38. The Morgan fingerprint density at radius 2 is 2.35 bits per heavy atom. The number of rotatable bonds is 7. The summed E-state index contributed by atoms with van der Waals surface area (Å²) in [5, 5.41) is 10.5. The zero-order chi connectivity index (χ0) is 18.5. The standard InChI is InChI=1S/C17H21ClN4O3S/c1-11(13-6-2-3-7-14(13)18)19-15(23)10-26-17-21-20-16(24)22(17)9-12-5-4-8-25-12/h2-3,6-7,11-12H,4-5,8-10H2,1H3,(H,19,23)(H,20,24). The van der Waals surface area contributed by atoms with E-state index in [1.165, 1.54) is 16.3 Å². The fraction of sp³-hybridized carbons (Fsp3) is 0.471. The molecule has 26 heavy (non-hydrogen) atoms. The Hall–Kier alpha value is -1.77. The molecule has 1 aliphatic heterocycles. The van der Waals surface area contributed by atoms with Crippen LogP contribution in [0.4, 0.5) is 0 Å². The van der Waals surface area contributed by atoms with Crippen LogP contribution in [0.2, 0.25) is 5.02 Å². The summed E-state index contributed by atoms with van der Waals surface area (Å²) in [6.07, 6.45) is 1.96. The third-order valence-electron chi connectivity index (χ3n) is 4.22. The van der Waals surface area contributed by atoms with Gasteiger partial charge < -0.3 is 10.1 Å². The molecule has 1 aromatic heterocycles. The molecule has 2 unspecified atom stereocenters. The monoisotopic (exact) mass is 396 g/mol. The van der Waals surface area contributed by atoms with Gasteiger partial charge in [-0.05, 0) is 31.4 Å². The van der Waals surface area contributed by atoms with Gasteiger partial charge in [-0.25, -0.2) is 9.89 Å². The predicted octanol–water partition coefficient (Wildman–Crippen LogP) is 2.37. The van der Waals surface area contributed by atoms with E-state index >= 15 is 0 Å². The van der Waals surface area contributed by atoms with Crippen molar-refractivity contribution in [2.45, 2.75) is 43.6 Å². The number of carbonyl (C=O) groups is 1. The molecule has 7 nitrogen and oxygen atoms in total. The van der Waals surface area contributed by atoms with Crippen LogP contribution in [-0.4, -0.2) is 39.1 Å². The highest BCUT2D eigenvalue weighted by Crippen LogP contribution is 2.23. The van der Waals surface area contributed by atoms with E-state index in [0.717, 1.165) is 25.0 Å². The molecule has 1 aliphatic rings. The van der Waals surface area contributed by atoms with Crippen LogP contribution in [0.3, 0.4) is 0 Å². The van der Waals surface area contributed by atoms with Gasteiger partial charge in [-0.15, -0.1) is 5.10 Å². The summed E-state index contributed by atoms with van der Waals surface area (Å²) in [5.74, 6) is 0.00599. The van der Waals surface area contributed by atoms with Crippen molar-refractivity contribution in [1.29, 1.82) is 0 Å². The van der Waals surface area contributed by atoms with Gasteiger partial charge in [0.1, 0.15) is 0 Å². The second-order valence-electron chi connectivity index (χ2n) is 6.16. The summed E-state index contributed by atoms with van der Waals surface area (Å²) < 4.78 is 7.11. The maximum absolute atomic E-state index is 12.2. The number of aromatic nitrogens is 3. The zero-order valence-corrected chi connectivity index (χ0v) is 16.0. The molecule has 0 spiro atoms. The van der Waals surface area contributed by atoms with E-state index in [9.17, 15) is 9.59 Å². The fourth-order valence-corrected chi connectivity index (χ4v) is 3.95. The van der Waals surface area contributed by atoms with E-state index in [2.05, 4.69) is 15.5 Å². The highest BCUT2D eigenvalue weighted by molar-refractivity contribution is 7.99. The molecule has 1 amide bonds. The topological polar surface area (TPSA) is 89.0 Å². The Kier molecular flexibility index (Phi) is 6.39. The van der Waals surface area contributed by atoms with Gasteiger partial charge in [0, 0.05) is 11.6 Å². The number of ether oxygens (including phenoxy) is 1. The van der Waals surface area contributed by atoms with Gasteiger partial charge >= 0.3 is 5.69 Å². The molecule has 0 radical (unpaired) electrons. The molecule has 0 aliphatic carbocycles. The molecular weight excluding hydrogens is 376 g/mol. The highest BCUT2D eigenvalue weighted by atomic mass is 35.5. The van der Waals surface area contributed by atoms with E-state index in [4.69, 9.17) is 16.3 Å². The molecule has 1 aromatic carbocycles. The molecule has 1 fully saturated rings. The number of aromatic amines is 1. The average molecular weight is 397 g/mol. The van der Waals surface area contributed by atoms with Crippen molar-refractivity contribution in [2.75, 3.05) is 12.4 Å². The number of carbonyl (C=O) groups excluding carboxylic acids is 1.